The van der Waals surface area contributed by atoms with E-state index in [0.717, 1.165) is 12.5 Å². The molecular formula is C12H14F3NO. The molecule has 1 N–H and O–H groups in total. The summed E-state index contributed by atoms with van der Waals surface area (Å²) in [6.45, 7) is 3.18. The van der Waals surface area contributed by atoms with Crippen LogP contribution in [-0.2, 0) is 4.74 Å². The average molecular weight is 245 g/mol. The molecule has 2 nitrogen and oxygen atoms in total. The third kappa shape index (κ3) is 2.72. The van der Waals surface area contributed by atoms with Crippen LogP contribution < -0.4 is 5.32 Å². The number of hydrogen-bond donors (Lipinski definition) is 1. The molecule has 0 amide bonds. The van der Waals surface area contributed by atoms with Gasteiger partial charge >= 0.3 is 0 Å². The van der Waals surface area contributed by atoms with E-state index in [1.165, 1.54) is 0 Å². The molecule has 1 aromatic rings. The van der Waals surface area contributed by atoms with Crippen LogP contribution >= 0.6 is 0 Å². The number of nitrogens with one attached hydrogen (secondary N) is 1. The zero-order valence-electron chi connectivity index (χ0n) is 9.47. The van der Waals surface area contributed by atoms with Crippen LogP contribution in [-0.4, -0.2) is 19.3 Å². The van der Waals surface area contributed by atoms with Crippen molar-refractivity contribution in [3.63, 3.8) is 0 Å². The van der Waals surface area contributed by atoms with Gasteiger partial charge in [-0.15, -0.1) is 0 Å². The van der Waals surface area contributed by atoms with E-state index in [4.69, 9.17) is 4.74 Å². The fourth-order valence-electron chi connectivity index (χ4n) is 1.94. The van der Waals surface area contributed by atoms with Gasteiger partial charge in [-0.25, -0.2) is 13.2 Å². The normalized spacial score (nSPS) is 21.5. The first-order chi connectivity index (χ1) is 8.08. The molecule has 94 valence electrons. The van der Waals surface area contributed by atoms with Crippen molar-refractivity contribution in [2.24, 2.45) is 5.92 Å². The average Bonchev–Trinajstić information content (AvgIpc) is 2.79. The van der Waals surface area contributed by atoms with Crippen LogP contribution in [0.15, 0.2) is 12.1 Å². The number of rotatable bonds is 3. The van der Waals surface area contributed by atoms with Crippen LogP contribution in [0.2, 0.25) is 0 Å². The Morgan fingerprint density at radius 2 is 1.94 bits per heavy atom. The lowest BCUT2D eigenvalue weighted by molar-refractivity contribution is 0.183. The fourth-order valence-corrected chi connectivity index (χ4v) is 1.94. The van der Waals surface area contributed by atoms with Gasteiger partial charge in [0.15, 0.2) is 11.6 Å². The highest BCUT2D eigenvalue weighted by Crippen LogP contribution is 2.23. The number of anilines is 1. The minimum atomic E-state index is -1.18. The van der Waals surface area contributed by atoms with Gasteiger partial charge in [0, 0.05) is 30.7 Å². The molecule has 0 aliphatic carbocycles. The number of hydrogen-bond acceptors (Lipinski definition) is 2. The van der Waals surface area contributed by atoms with Crippen molar-refractivity contribution in [1.29, 1.82) is 0 Å². The predicted molar refractivity (Wildman–Crippen MR) is 58.3 cm³/mol. The summed E-state index contributed by atoms with van der Waals surface area (Å²) >= 11 is 0. The Morgan fingerprint density at radius 1 is 1.24 bits per heavy atom. The Labute approximate surface area is 97.8 Å². The van der Waals surface area contributed by atoms with E-state index in [-0.39, 0.29) is 17.6 Å². The van der Waals surface area contributed by atoms with Crippen molar-refractivity contribution in [2.45, 2.75) is 19.4 Å². The molecule has 0 radical (unpaired) electrons. The van der Waals surface area contributed by atoms with Crippen molar-refractivity contribution in [3.8, 4) is 0 Å². The second-order valence-electron chi connectivity index (χ2n) is 4.30. The van der Waals surface area contributed by atoms with Gasteiger partial charge in [0.2, 0.25) is 0 Å². The molecule has 1 heterocycles. The Bertz CT molecular complexity index is 405. The Balaban J connectivity index is 2.09. The second-order valence-corrected chi connectivity index (χ2v) is 4.30. The van der Waals surface area contributed by atoms with E-state index in [9.17, 15) is 13.2 Å². The van der Waals surface area contributed by atoms with Crippen LogP contribution in [0, 0.1) is 23.4 Å². The summed E-state index contributed by atoms with van der Waals surface area (Å²) in [4.78, 5) is 0. The maximum absolute atomic E-state index is 13.4. The minimum absolute atomic E-state index is 0.0108. The van der Waals surface area contributed by atoms with Gasteiger partial charge in [0.25, 0.3) is 0 Å². The summed E-state index contributed by atoms with van der Waals surface area (Å²) < 4.78 is 44.3. The van der Waals surface area contributed by atoms with Crippen molar-refractivity contribution >= 4 is 5.69 Å². The van der Waals surface area contributed by atoms with E-state index in [1.54, 1.807) is 0 Å². The van der Waals surface area contributed by atoms with Crippen LogP contribution in [0.1, 0.15) is 13.3 Å². The van der Waals surface area contributed by atoms with E-state index < -0.39 is 17.5 Å². The van der Waals surface area contributed by atoms with Crippen molar-refractivity contribution in [2.75, 3.05) is 18.5 Å². The first-order valence-corrected chi connectivity index (χ1v) is 5.56. The Morgan fingerprint density at radius 3 is 2.59 bits per heavy atom. The Hall–Kier alpha value is -1.23. The molecule has 1 aliphatic rings. The van der Waals surface area contributed by atoms with Gasteiger partial charge < -0.3 is 10.1 Å². The summed E-state index contributed by atoms with van der Waals surface area (Å²) in [5.41, 5.74) is -0.0108. The molecular weight excluding hydrogens is 231 g/mol. The highest BCUT2D eigenvalue weighted by atomic mass is 19.2. The van der Waals surface area contributed by atoms with Crippen LogP contribution in [0.3, 0.4) is 0 Å². The number of halogens is 3. The second kappa shape index (κ2) is 4.96. The zero-order chi connectivity index (χ0) is 12.4. The maximum Gasteiger partial charge on any atom is 0.161 e. The van der Waals surface area contributed by atoms with Crippen LogP contribution in [0.5, 0.6) is 0 Å². The van der Waals surface area contributed by atoms with Crippen molar-refractivity contribution in [1.82, 2.24) is 0 Å². The highest BCUT2D eigenvalue weighted by Gasteiger charge is 2.23. The number of benzene rings is 1. The van der Waals surface area contributed by atoms with Gasteiger partial charge in [-0.2, -0.15) is 0 Å². The predicted octanol–water partition coefficient (Wildman–Crippen LogP) is 2.94. The maximum atomic E-state index is 13.4. The first kappa shape index (κ1) is 12.2. The molecule has 2 rings (SSSR count). The lowest BCUT2D eigenvalue weighted by atomic mass is 10.0. The molecule has 1 saturated heterocycles. The van der Waals surface area contributed by atoms with Crippen LogP contribution in [0.25, 0.3) is 0 Å². The summed E-state index contributed by atoms with van der Waals surface area (Å²) in [5, 5.41) is 2.86. The zero-order valence-corrected chi connectivity index (χ0v) is 9.47. The van der Waals surface area contributed by atoms with E-state index in [1.807, 2.05) is 6.92 Å². The standard InChI is InChI=1S/C12H14F3NO/c1-7(8-2-3-17-6-8)16-12-5-10(14)9(13)4-11(12)15/h4-5,7-8,16H,2-3,6H2,1H3. The van der Waals surface area contributed by atoms with Crippen molar-refractivity contribution in [3.05, 3.63) is 29.6 Å². The lowest BCUT2D eigenvalue weighted by Crippen LogP contribution is -2.26. The molecule has 1 aliphatic heterocycles. The van der Waals surface area contributed by atoms with Gasteiger partial charge in [0.05, 0.1) is 12.3 Å². The molecule has 1 fully saturated rings. The van der Waals surface area contributed by atoms with E-state index >= 15 is 0 Å². The summed E-state index contributed by atoms with van der Waals surface area (Å²) in [6, 6.07) is 1.35. The third-order valence-electron chi connectivity index (χ3n) is 3.07. The fraction of sp³-hybridized carbons (Fsp3) is 0.500. The summed E-state index contributed by atoms with van der Waals surface area (Å²) in [5.74, 6) is -2.74. The molecule has 0 aromatic heterocycles. The lowest BCUT2D eigenvalue weighted by Gasteiger charge is -2.20. The largest absolute Gasteiger partial charge is 0.381 e. The van der Waals surface area contributed by atoms with Gasteiger partial charge in [-0.1, -0.05) is 0 Å². The highest BCUT2D eigenvalue weighted by molar-refractivity contribution is 5.46. The molecule has 0 saturated carbocycles. The number of ether oxygens (including phenoxy) is 1. The topological polar surface area (TPSA) is 21.3 Å². The minimum Gasteiger partial charge on any atom is -0.381 e. The van der Waals surface area contributed by atoms with E-state index in [0.29, 0.717) is 19.3 Å². The molecule has 2 unspecified atom stereocenters. The summed E-state index contributed by atoms with van der Waals surface area (Å²) in [6.07, 6.45) is 0.888. The third-order valence-corrected chi connectivity index (χ3v) is 3.07. The van der Waals surface area contributed by atoms with Crippen LogP contribution in [0.4, 0.5) is 18.9 Å². The summed E-state index contributed by atoms with van der Waals surface area (Å²) in [7, 11) is 0. The van der Waals surface area contributed by atoms with Gasteiger partial charge in [-0.3, -0.25) is 0 Å². The van der Waals surface area contributed by atoms with Gasteiger partial charge in [0.1, 0.15) is 5.82 Å². The SMILES string of the molecule is CC(Nc1cc(F)c(F)cc1F)C1CCOC1. The molecule has 17 heavy (non-hydrogen) atoms. The molecule has 5 heteroatoms. The smallest absolute Gasteiger partial charge is 0.161 e. The molecule has 2 atom stereocenters. The molecule has 1 aromatic carbocycles. The monoisotopic (exact) mass is 245 g/mol. The first-order valence-electron chi connectivity index (χ1n) is 5.56. The Kier molecular flexibility index (Phi) is 3.57. The quantitative estimate of drug-likeness (QED) is 0.827. The molecule has 0 spiro atoms. The van der Waals surface area contributed by atoms with Gasteiger partial charge in [-0.05, 0) is 13.3 Å². The molecule has 0 bridgehead atoms. The van der Waals surface area contributed by atoms with Crippen molar-refractivity contribution < 1.29 is 17.9 Å². The van der Waals surface area contributed by atoms with E-state index in [2.05, 4.69) is 5.32 Å².